The number of hydroxylamine groups is 1. The number of para-hydroxylation sites is 1. The van der Waals surface area contributed by atoms with E-state index in [-0.39, 0.29) is 11.9 Å². The number of amides is 2. The summed E-state index contributed by atoms with van der Waals surface area (Å²) < 4.78 is 6.06. The lowest BCUT2D eigenvalue weighted by molar-refractivity contribution is -0.139. The fraction of sp³-hybridized carbons (Fsp3) is 0.370. The summed E-state index contributed by atoms with van der Waals surface area (Å²) in [5.74, 6) is -0.329. The van der Waals surface area contributed by atoms with Crippen LogP contribution < -0.4 is 16.0 Å². The van der Waals surface area contributed by atoms with Gasteiger partial charge in [-0.1, -0.05) is 36.8 Å². The van der Waals surface area contributed by atoms with Crippen molar-refractivity contribution in [1.82, 2.24) is 15.4 Å². The molecule has 2 heterocycles. The summed E-state index contributed by atoms with van der Waals surface area (Å²) in [5.41, 5.74) is 10.9. The molecular formula is C27H30N4O4. The first-order valence-electron chi connectivity index (χ1n) is 12.0. The van der Waals surface area contributed by atoms with E-state index >= 15 is 0 Å². The number of rotatable bonds is 6. The largest absolute Gasteiger partial charge is 0.489 e. The molecule has 2 aromatic carbocycles. The van der Waals surface area contributed by atoms with Crippen LogP contribution in [0.2, 0.25) is 0 Å². The summed E-state index contributed by atoms with van der Waals surface area (Å²) in [5, 5.41) is 10.1. The van der Waals surface area contributed by atoms with Gasteiger partial charge in [-0.15, -0.1) is 0 Å². The van der Waals surface area contributed by atoms with E-state index in [4.69, 9.17) is 15.7 Å². The fourth-order valence-corrected chi connectivity index (χ4v) is 5.57. The molecule has 0 spiro atoms. The maximum Gasteiger partial charge on any atom is 0.248 e. The Hall–Kier alpha value is -3.49. The number of aryl methyl sites for hydroxylation is 1. The Morgan fingerprint density at radius 1 is 1.23 bits per heavy atom. The molecule has 2 amide bonds. The van der Waals surface area contributed by atoms with Gasteiger partial charge in [0.1, 0.15) is 17.9 Å². The summed E-state index contributed by atoms with van der Waals surface area (Å²) >= 11 is 0. The molecule has 3 atom stereocenters. The van der Waals surface area contributed by atoms with Crippen molar-refractivity contribution in [2.24, 2.45) is 11.7 Å². The predicted octanol–water partition coefficient (Wildman–Crippen LogP) is 3.18. The number of carbonyl (C=O) groups is 2. The highest BCUT2D eigenvalue weighted by molar-refractivity contribution is 5.91. The van der Waals surface area contributed by atoms with Crippen LogP contribution in [0.3, 0.4) is 0 Å². The van der Waals surface area contributed by atoms with Crippen molar-refractivity contribution in [3.63, 3.8) is 0 Å². The van der Waals surface area contributed by atoms with E-state index in [1.807, 2.05) is 61.5 Å². The van der Waals surface area contributed by atoms with Crippen molar-refractivity contribution in [2.45, 2.75) is 50.8 Å². The number of carbonyl (C=O) groups excluding carboxylic acids is 2. The molecule has 35 heavy (non-hydrogen) atoms. The Balaban J connectivity index is 1.29. The van der Waals surface area contributed by atoms with Crippen molar-refractivity contribution < 1.29 is 19.5 Å². The smallest absolute Gasteiger partial charge is 0.248 e. The fourth-order valence-electron chi connectivity index (χ4n) is 5.57. The SMILES string of the molecule is Cc1cc(COc2ccc([C@@]3(N)CCN([C@@H]4CCC[C@H]4C(=O)NO)C3=O)cc2)c2ccccc2n1. The average Bonchev–Trinajstić information content (AvgIpc) is 3.47. The molecule has 1 aromatic heterocycles. The van der Waals surface area contributed by atoms with Gasteiger partial charge in [-0.3, -0.25) is 19.8 Å². The molecule has 8 nitrogen and oxygen atoms in total. The average molecular weight is 475 g/mol. The molecule has 3 aromatic rings. The van der Waals surface area contributed by atoms with Gasteiger partial charge in [-0.2, -0.15) is 0 Å². The number of hydrogen-bond acceptors (Lipinski definition) is 6. The molecule has 2 fully saturated rings. The highest BCUT2D eigenvalue weighted by Crippen LogP contribution is 2.38. The van der Waals surface area contributed by atoms with Crippen LogP contribution in [0.4, 0.5) is 0 Å². The zero-order valence-corrected chi connectivity index (χ0v) is 19.7. The maximum atomic E-state index is 13.4. The Bertz CT molecular complexity index is 1260. The van der Waals surface area contributed by atoms with Gasteiger partial charge in [0.25, 0.3) is 0 Å². The van der Waals surface area contributed by atoms with Gasteiger partial charge in [-0.25, -0.2) is 5.48 Å². The van der Waals surface area contributed by atoms with E-state index in [0.29, 0.717) is 31.7 Å². The minimum atomic E-state index is -1.14. The second kappa shape index (κ2) is 9.28. The number of nitrogens with zero attached hydrogens (tertiary/aromatic N) is 2. The van der Waals surface area contributed by atoms with Gasteiger partial charge in [0.2, 0.25) is 11.8 Å². The van der Waals surface area contributed by atoms with Crippen molar-refractivity contribution in [1.29, 1.82) is 0 Å². The molecule has 0 unspecified atom stereocenters. The van der Waals surface area contributed by atoms with Crippen LogP contribution in [0.1, 0.15) is 42.5 Å². The van der Waals surface area contributed by atoms with E-state index in [9.17, 15) is 9.59 Å². The number of hydrogen-bond donors (Lipinski definition) is 3. The van der Waals surface area contributed by atoms with Gasteiger partial charge in [-0.05, 0) is 56.0 Å². The molecule has 0 bridgehead atoms. The minimum Gasteiger partial charge on any atom is -0.489 e. The minimum absolute atomic E-state index is 0.174. The third kappa shape index (κ3) is 4.24. The first kappa shape index (κ1) is 23.3. The number of aromatic nitrogens is 1. The molecule has 1 aliphatic heterocycles. The van der Waals surface area contributed by atoms with Gasteiger partial charge < -0.3 is 15.4 Å². The van der Waals surface area contributed by atoms with E-state index in [1.165, 1.54) is 0 Å². The maximum absolute atomic E-state index is 13.4. The molecule has 8 heteroatoms. The summed E-state index contributed by atoms with van der Waals surface area (Å²) in [6, 6.07) is 17.2. The zero-order chi connectivity index (χ0) is 24.6. The quantitative estimate of drug-likeness (QED) is 0.373. The number of pyridine rings is 1. The number of benzene rings is 2. The van der Waals surface area contributed by atoms with Crippen LogP contribution in [0.5, 0.6) is 5.75 Å². The topological polar surface area (TPSA) is 118 Å². The lowest BCUT2D eigenvalue weighted by Crippen LogP contribution is -2.50. The van der Waals surface area contributed by atoms with E-state index in [0.717, 1.165) is 40.6 Å². The lowest BCUT2D eigenvalue weighted by Gasteiger charge is -2.30. The van der Waals surface area contributed by atoms with E-state index in [2.05, 4.69) is 4.98 Å². The van der Waals surface area contributed by atoms with Crippen LogP contribution in [0.15, 0.2) is 54.6 Å². The van der Waals surface area contributed by atoms with Crippen LogP contribution in [-0.4, -0.2) is 39.5 Å². The van der Waals surface area contributed by atoms with Crippen molar-refractivity contribution >= 4 is 22.7 Å². The van der Waals surface area contributed by atoms with Gasteiger partial charge in [0.15, 0.2) is 0 Å². The molecular weight excluding hydrogens is 444 g/mol. The van der Waals surface area contributed by atoms with Crippen molar-refractivity contribution in [3.05, 3.63) is 71.4 Å². The van der Waals surface area contributed by atoms with Gasteiger partial charge in [0, 0.05) is 29.2 Å². The first-order chi connectivity index (χ1) is 16.9. The molecule has 1 aliphatic carbocycles. The third-order valence-electron chi connectivity index (χ3n) is 7.41. The van der Waals surface area contributed by atoms with Gasteiger partial charge in [0.05, 0.1) is 11.4 Å². The lowest BCUT2D eigenvalue weighted by atomic mass is 9.89. The normalized spacial score (nSPS) is 24.2. The monoisotopic (exact) mass is 474 g/mol. The second-order valence-electron chi connectivity index (χ2n) is 9.55. The third-order valence-corrected chi connectivity index (χ3v) is 7.41. The Kier molecular flexibility index (Phi) is 6.17. The van der Waals surface area contributed by atoms with Gasteiger partial charge >= 0.3 is 0 Å². The highest BCUT2D eigenvalue weighted by Gasteiger charge is 2.50. The van der Waals surface area contributed by atoms with E-state index < -0.39 is 17.4 Å². The molecule has 182 valence electrons. The number of nitrogens with two attached hydrogens (primary N) is 1. The molecule has 2 aliphatic rings. The van der Waals surface area contributed by atoms with Crippen LogP contribution in [0, 0.1) is 12.8 Å². The van der Waals surface area contributed by atoms with E-state index in [1.54, 1.807) is 10.4 Å². The summed E-state index contributed by atoms with van der Waals surface area (Å²) in [6.45, 7) is 2.86. The molecule has 5 rings (SSSR count). The van der Waals surface area contributed by atoms with Crippen LogP contribution >= 0.6 is 0 Å². The predicted molar refractivity (Wildman–Crippen MR) is 131 cm³/mol. The molecule has 1 saturated carbocycles. The Morgan fingerprint density at radius 2 is 2.00 bits per heavy atom. The number of nitrogens with one attached hydrogen (secondary N) is 1. The van der Waals surface area contributed by atoms with Crippen molar-refractivity contribution in [2.75, 3.05) is 6.54 Å². The standard InChI is InChI=1S/C27H30N4O4/c1-17-15-18(21-5-2-3-7-23(21)29-17)16-35-20-11-9-19(10-12-20)27(28)13-14-31(26(27)33)24-8-4-6-22(24)25(32)30-34/h2-3,5,7,9-12,15,22,24,34H,4,6,8,13-14,16,28H2,1H3,(H,30,32)/t22-,24-,27+/m1/s1. The highest BCUT2D eigenvalue weighted by atomic mass is 16.5. The number of likely N-dealkylation sites (tertiary alicyclic amines) is 1. The number of ether oxygens (including phenoxy) is 1. The Labute approximate surface area is 204 Å². The molecule has 1 saturated heterocycles. The van der Waals surface area contributed by atoms with Crippen LogP contribution in [0.25, 0.3) is 10.9 Å². The van der Waals surface area contributed by atoms with Crippen molar-refractivity contribution in [3.8, 4) is 5.75 Å². The van der Waals surface area contributed by atoms with Crippen LogP contribution in [-0.2, 0) is 21.7 Å². The zero-order valence-electron chi connectivity index (χ0n) is 19.7. The number of fused-ring (bicyclic) bond motifs is 1. The Morgan fingerprint density at radius 3 is 2.77 bits per heavy atom. The molecule has 0 radical (unpaired) electrons. The summed E-state index contributed by atoms with van der Waals surface area (Å²) in [7, 11) is 0. The first-order valence-corrected chi connectivity index (χ1v) is 12.0. The summed E-state index contributed by atoms with van der Waals surface area (Å²) in [4.78, 5) is 31.8. The summed E-state index contributed by atoms with van der Waals surface area (Å²) in [6.07, 6.45) is 2.69. The second-order valence-corrected chi connectivity index (χ2v) is 9.55. The molecule has 4 N–H and O–H groups in total.